The Morgan fingerprint density at radius 3 is 2.73 bits per heavy atom. The smallest absolute Gasteiger partial charge is 0.275 e. The average Bonchev–Trinajstić information content (AvgIpc) is 2.67. The van der Waals surface area contributed by atoms with Crippen molar-refractivity contribution in [3.8, 4) is 17.9 Å². The molecule has 1 aromatic heterocycles. The number of aromatic nitrogens is 1. The number of nitro groups is 1. The monoisotopic (exact) mass is 349 g/mol. The molecule has 0 bridgehead atoms. The van der Waals surface area contributed by atoms with Crippen molar-refractivity contribution in [1.29, 1.82) is 10.5 Å². The molecule has 0 fully saturated rings. The highest BCUT2D eigenvalue weighted by Crippen LogP contribution is 2.26. The molecular weight excluding hydrogens is 338 g/mol. The predicted octanol–water partition coefficient (Wildman–Crippen LogP) is 2.61. The van der Waals surface area contributed by atoms with E-state index in [0.717, 1.165) is 5.56 Å². The SMILES string of the molecule is CC(=NOc1cc(NN=C(C#N)C#N)cc([N+](=O)[O-])c1)c1cccnc1. The van der Waals surface area contributed by atoms with Crippen LogP contribution in [0.15, 0.2) is 53.0 Å². The highest BCUT2D eigenvalue weighted by molar-refractivity contribution is 6.10. The number of benzene rings is 1. The second-order valence-corrected chi connectivity index (χ2v) is 4.78. The lowest BCUT2D eigenvalue weighted by atomic mass is 10.2. The maximum Gasteiger partial charge on any atom is 0.275 e. The van der Waals surface area contributed by atoms with Gasteiger partial charge in [0.05, 0.1) is 22.4 Å². The first-order valence-electron chi connectivity index (χ1n) is 7.09. The van der Waals surface area contributed by atoms with Crippen LogP contribution < -0.4 is 10.3 Å². The van der Waals surface area contributed by atoms with Gasteiger partial charge in [0.2, 0.25) is 5.71 Å². The van der Waals surface area contributed by atoms with E-state index in [-0.39, 0.29) is 17.1 Å². The van der Waals surface area contributed by atoms with Gasteiger partial charge in [-0.3, -0.25) is 20.5 Å². The Bertz CT molecular complexity index is 940. The fraction of sp³-hybridized carbons (Fsp3) is 0.0625. The van der Waals surface area contributed by atoms with Crippen molar-refractivity contribution in [2.75, 3.05) is 5.43 Å². The lowest BCUT2D eigenvalue weighted by molar-refractivity contribution is -0.384. The third-order valence-corrected chi connectivity index (χ3v) is 2.98. The summed E-state index contributed by atoms with van der Waals surface area (Å²) in [6, 6.07) is 10.4. The van der Waals surface area contributed by atoms with Crippen LogP contribution in [0.1, 0.15) is 12.5 Å². The van der Waals surface area contributed by atoms with E-state index < -0.39 is 10.6 Å². The highest BCUT2D eigenvalue weighted by Gasteiger charge is 2.11. The van der Waals surface area contributed by atoms with Gasteiger partial charge in [-0.2, -0.15) is 15.6 Å². The van der Waals surface area contributed by atoms with Crippen LogP contribution in [0.3, 0.4) is 0 Å². The van der Waals surface area contributed by atoms with Crippen molar-refractivity contribution < 1.29 is 9.76 Å². The summed E-state index contributed by atoms with van der Waals surface area (Å²) in [6.45, 7) is 1.70. The molecule has 26 heavy (non-hydrogen) atoms. The number of nitrogens with one attached hydrogen (secondary N) is 1. The van der Waals surface area contributed by atoms with Crippen molar-refractivity contribution in [3.63, 3.8) is 0 Å². The zero-order valence-electron chi connectivity index (χ0n) is 13.4. The quantitative estimate of drug-likeness (QED) is 0.478. The van der Waals surface area contributed by atoms with Gasteiger partial charge in [-0.05, 0) is 19.1 Å². The van der Waals surface area contributed by atoms with Crippen LogP contribution in [-0.4, -0.2) is 21.3 Å². The van der Waals surface area contributed by atoms with Crippen LogP contribution in [0.25, 0.3) is 0 Å². The minimum Gasteiger partial charge on any atom is -0.356 e. The van der Waals surface area contributed by atoms with Crippen molar-refractivity contribution in [3.05, 3.63) is 58.4 Å². The molecule has 0 amide bonds. The van der Waals surface area contributed by atoms with Gasteiger partial charge in [0.15, 0.2) is 5.75 Å². The lowest BCUT2D eigenvalue weighted by Crippen LogP contribution is -2.00. The maximum atomic E-state index is 11.1. The number of hydrogen-bond acceptors (Lipinski definition) is 9. The molecule has 1 aromatic carbocycles. The minimum atomic E-state index is -0.616. The molecule has 1 heterocycles. The fourth-order valence-electron chi connectivity index (χ4n) is 1.75. The number of pyridine rings is 1. The summed E-state index contributed by atoms with van der Waals surface area (Å²) in [5, 5.41) is 35.8. The molecule has 0 aliphatic rings. The van der Waals surface area contributed by atoms with E-state index in [1.165, 1.54) is 18.2 Å². The number of oxime groups is 1. The summed E-state index contributed by atoms with van der Waals surface area (Å²) in [7, 11) is 0. The molecule has 0 unspecified atom stereocenters. The summed E-state index contributed by atoms with van der Waals surface area (Å²) in [4.78, 5) is 19.7. The minimum absolute atomic E-state index is 0.0793. The topological polar surface area (TPSA) is 150 Å². The summed E-state index contributed by atoms with van der Waals surface area (Å²) in [5.74, 6) is 0.0793. The Hall–Kier alpha value is -4.31. The van der Waals surface area contributed by atoms with E-state index in [4.69, 9.17) is 15.4 Å². The van der Waals surface area contributed by atoms with E-state index in [1.807, 2.05) is 0 Å². The van der Waals surface area contributed by atoms with Gasteiger partial charge in [0, 0.05) is 30.1 Å². The molecule has 2 aromatic rings. The van der Waals surface area contributed by atoms with E-state index >= 15 is 0 Å². The Morgan fingerprint density at radius 2 is 2.12 bits per heavy atom. The molecule has 0 aliphatic heterocycles. The Labute approximate surface area is 147 Å². The summed E-state index contributed by atoms with van der Waals surface area (Å²) in [6.07, 6.45) is 3.22. The largest absolute Gasteiger partial charge is 0.356 e. The Kier molecular flexibility index (Phi) is 5.91. The molecule has 0 atom stereocenters. The van der Waals surface area contributed by atoms with Crippen LogP contribution in [0.4, 0.5) is 11.4 Å². The molecular formula is C16H11N7O3. The van der Waals surface area contributed by atoms with Crippen LogP contribution in [0, 0.1) is 32.8 Å². The zero-order valence-corrected chi connectivity index (χ0v) is 13.4. The number of non-ortho nitro benzene ring substituents is 1. The molecule has 0 saturated carbocycles. The molecule has 10 heteroatoms. The first-order chi connectivity index (χ1) is 12.5. The highest BCUT2D eigenvalue weighted by atomic mass is 16.6. The van der Waals surface area contributed by atoms with Crippen molar-refractivity contribution >= 4 is 22.8 Å². The van der Waals surface area contributed by atoms with Gasteiger partial charge in [-0.15, -0.1) is 0 Å². The lowest BCUT2D eigenvalue weighted by Gasteiger charge is -2.05. The second-order valence-electron chi connectivity index (χ2n) is 4.78. The summed E-state index contributed by atoms with van der Waals surface area (Å²) in [5.41, 5.74) is 3.11. The van der Waals surface area contributed by atoms with Crippen LogP contribution in [0.2, 0.25) is 0 Å². The van der Waals surface area contributed by atoms with Gasteiger partial charge in [-0.25, -0.2) is 0 Å². The average molecular weight is 349 g/mol. The van der Waals surface area contributed by atoms with Crippen molar-refractivity contribution in [2.45, 2.75) is 6.92 Å². The van der Waals surface area contributed by atoms with Crippen LogP contribution in [0.5, 0.6) is 5.75 Å². The number of nitriles is 2. The van der Waals surface area contributed by atoms with Gasteiger partial charge in [0.25, 0.3) is 5.69 Å². The normalized spacial score (nSPS) is 10.2. The number of hydrogen-bond donors (Lipinski definition) is 1. The van der Waals surface area contributed by atoms with E-state index in [2.05, 4.69) is 20.7 Å². The summed E-state index contributed by atoms with van der Waals surface area (Å²) < 4.78 is 0. The maximum absolute atomic E-state index is 11.1. The number of anilines is 1. The van der Waals surface area contributed by atoms with E-state index in [0.29, 0.717) is 5.71 Å². The standard InChI is InChI=1S/C16H11N7O3/c1-11(12-3-2-4-19-10-12)22-26-16-6-13(5-15(7-16)23(24)25)20-21-14(8-17)9-18/h2-7,10,20H,1H3. The molecule has 1 N–H and O–H groups in total. The van der Waals surface area contributed by atoms with Crippen LogP contribution >= 0.6 is 0 Å². The number of hydrazone groups is 1. The second kappa shape index (κ2) is 8.52. The molecule has 0 spiro atoms. The van der Waals surface area contributed by atoms with Gasteiger partial charge >= 0.3 is 0 Å². The van der Waals surface area contributed by atoms with Gasteiger partial charge in [-0.1, -0.05) is 5.16 Å². The third-order valence-electron chi connectivity index (χ3n) is 2.98. The molecule has 10 nitrogen and oxygen atoms in total. The summed E-state index contributed by atoms with van der Waals surface area (Å²) >= 11 is 0. The Morgan fingerprint density at radius 1 is 1.35 bits per heavy atom. The number of nitro benzene ring substituents is 1. The molecule has 0 saturated heterocycles. The number of rotatable bonds is 6. The molecule has 2 rings (SSSR count). The van der Waals surface area contributed by atoms with Crippen molar-refractivity contribution in [1.82, 2.24) is 4.98 Å². The van der Waals surface area contributed by atoms with E-state index in [1.54, 1.807) is 43.6 Å². The van der Waals surface area contributed by atoms with E-state index in [9.17, 15) is 10.1 Å². The molecule has 0 radical (unpaired) electrons. The predicted molar refractivity (Wildman–Crippen MR) is 92.5 cm³/mol. The third kappa shape index (κ3) is 4.84. The first kappa shape index (κ1) is 18.0. The fourth-order valence-corrected chi connectivity index (χ4v) is 1.75. The van der Waals surface area contributed by atoms with Gasteiger partial charge in [0.1, 0.15) is 12.1 Å². The zero-order chi connectivity index (χ0) is 18.9. The first-order valence-corrected chi connectivity index (χ1v) is 7.09. The number of nitrogens with zero attached hydrogens (tertiary/aromatic N) is 6. The Balaban J connectivity index is 2.28. The van der Waals surface area contributed by atoms with Crippen molar-refractivity contribution in [2.24, 2.45) is 10.3 Å². The van der Waals surface area contributed by atoms with Crippen LogP contribution in [-0.2, 0) is 0 Å². The molecule has 128 valence electrons. The molecule has 0 aliphatic carbocycles. The van der Waals surface area contributed by atoms with Gasteiger partial charge < -0.3 is 4.84 Å².